The number of amides is 2. The van der Waals surface area contributed by atoms with Crippen molar-refractivity contribution < 1.29 is 24.2 Å². The molecule has 46 heavy (non-hydrogen) atoms. The molecular weight excluding hydrogens is 596 g/mol. The summed E-state index contributed by atoms with van der Waals surface area (Å²) in [7, 11) is 0. The van der Waals surface area contributed by atoms with Gasteiger partial charge in [-0.2, -0.15) is 11.8 Å². The van der Waals surface area contributed by atoms with Crippen LogP contribution in [0.4, 0.5) is 0 Å². The largest absolute Gasteiger partial charge is 0.463 e. The van der Waals surface area contributed by atoms with E-state index < -0.39 is 18.0 Å². The average molecular weight is 643 g/mol. The molecule has 2 amide bonds. The van der Waals surface area contributed by atoms with E-state index in [1.807, 2.05) is 91.0 Å². The van der Waals surface area contributed by atoms with Crippen LogP contribution in [-0.2, 0) is 37.7 Å². The van der Waals surface area contributed by atoms with Gasteiger partial charge >= 0.3 is 5.97 Å². The van der Waals surface area contributed by atoms with E-state index >= 15 is 0 Å². The van der Waals surface area contributed by atoms with Crippen LogP contribution in [-0.4, -0.2) is 53.9 Å². The van der Waals surface area contributed by atoms with E-state index in [-0.39, 0.29) is 43.3 Å². The maximum absolute atomic E-state index is 13.5. The fourth-order valence-electron chi connectivity index (χ4n) is 5.06. The lowest BCUT2D eigenvalue weighted by Crippen LogP contribution is -2.46. The molecular formula is C38H46N2O5S. The Morgan fingerprint density at radius 2 is 1.28 bits per heavy atom. The minimum Gasteiger partial charge on any atom is -0.463 e. The summed E-state index contributed by atoms with van der Waals surface area (Å²) in [6, 6.07) is 28.4. The summed E-state index contributed by atoms with van der Waals surface area (Å²) in [6.45, 7) is 7.38. The maximum atomic E-state index is 13.5. The van der Waals surface area contributed by atoms with E-state index in [2.05, 4.69) is 23.8 Å². The SMILES string of the molecule is C=CCC(CC(=O)NC(CO)Cc1ccccc1)C(=O)NC(COC(=O)C(CC=C)Cc1ccccc1)CSCc1ccccc1. The number of esters is 1. The molecule has 3 N–H and O–H groups in total. The molecule has 0 aliphatic carbocycles. The smallest absolute Gasteiger partial charge is 0.309 e. The Bertz CT molecular complexity index is 1350. The summed E-state index contributed by atoms with van der Waals surface area (Å²) < 4.78 is 5.80. The first-order valence-electron chi connectivity index (χ1n) is 15.7. The molecule has 3 rings (SSSR count). The van der Waals surface area contributed by atoms with E-state index in [1.165, 1.54) is 0 Å². The van der Waals surface area contributed by atoms with Crippen molar-refractivity contribution in [1.29, 1.82) is 0 Å². The number of carbonyl (C=O) groups excluding carboxylic acids is 3. The number of aliphatic hydroxyl groups is 1. The number of ether oxygens (including phenoxy) is 1. The molecule has 3 aromatic carbocycles. The third-order valence-electron chi connectivity index (χ3n) is 7.48. The van der Waals surface area contributed by atoms with E-state index in [4.69, 9.17) is 4.74 Å². The normalized spacial score (nSPS) is 13.4. The summed E-state index contributed by atoms with van der Waals surface area (Å²) in [4.78, 5) is 39.7. The molecule has 0 fully saturated rings. The standard InChI is InChI=1S/C38H46N2O5S/c1-3-14-32(24-36(42)39-34(25-41)23-30-18-10-6-11-19-30)37(43)40-35(28-46-27-31-20-12-7-13-21-31)26-45-38(44)33(15-4-2)22-29-16-8-5-9-17-29/h3-13,16-21,32-35,41H,1-2,14-15,22-28H2,(H,39,42)(H,40,43). The quantitative estimate of drug-likeness (QED) is 0.102. The number of thioether (sulfide) groups is 1. The summed E-state index contributed by atoms with van der Waals surface area (Å²) in [5, 5.41) is 15.8. The van der Waals surface area contributed by atoms with Crippen LogP contribution >= 0.6 is 11.8 Å². The van der Waals surface area contributed by atoms with Crippen molar-refractivity contribution in [3.8, 4) is 0 Å². The van der Waals surface area contributed by atoms with Crippen LogP contribution in [0.1, 0.15) is 36.0 Å². The molecule has 8 heteroatoms. The molecule has 0 radical (unpaired) electrons. The number of benzene rings is 3. The van der Waals surface area contributed by atoms with Crippen LogP contribution in [0.5, 0.6) is 0 Å². The average Bonchev–Trinajstić information content (AvgIpc) is 3.07. The Labute approximate surface area is 277 Å². The van der Waals surface area contributed by atoms with Gasteiger partial charge in [0.2, 0.25) is 11.8 Å². The van der Waals surface area contributed by atoms with E-state index in [1.54, 1.807) is 23.9 Å². The van der Waals surface area contributed by atoms with Gasteiger partial charge in [0.1, 0.15) is 6.61 Å². The second kappa shape index (κ2) is 20.8. The Hall–Kier alpha value is -4.14. The Kier molecular flexibility index (Phi) is 16.4. The first kappa shape index (κ1) is 36.3. The molecule has 4 unspecified atom stereocenters. The molecule has 0 bridgehead atoms. The second-order valence-corrected chi connectivity index (χ2v) is 12.3. The first-order chi connectivity index (χ1) is 22.4. The fourth-order valence-corrected chi connectivity index (χ4v) is 6.07. The van der Waals surface area contributed by atoms with Gasteiger partial charge < -0.3 is 20.5 Å². The molecule has 0 aliphatic rings. The maximum Gasteiger partial charge on any atom is 0.309 e. The highest BCUT2D eigenvalue weighted by molar-refractivity contribution is 7.98. The minimum absolute atomic E-state index is 0.00542. The van der Waals surface area contributed by atoms with Gasteiger partial charge in [0, 0.05) is 17.9 Å². The summed E-state index contributed by atoms with van der Waals surface area (Å²) in [6.07, 6.45) is 5.05. The van der Waals surface area contributed by atoms with Crippen LogP contribution in [0.2, 0.25) is 0 Å². The lowest BCUT2D eigenvalue weighted by atomic mass is 9.96. The second-order valence-electron chi connectivity index (χ2n) is 11.3. The van der Waals surface area contributed by atoms with Crippen molar-refractivity contribution in [2.45, 2.75) is 49.9 Å². The molecule has 0 aromatic heterocycles. The van der Waals surface area contributed by atoms with Crippen molar-refractivity contribution in [2.24, 2.45) is 11.8 Å². The topological polar surface area (TPSA) is 105 Å². The molecule has 4 atom stereocenters. The third-order valence-corrected chi connectivity index (χ3v) is 8.65. The molecule has 0 saturated heterocycles. The van der Waals surface area contributed by atoms with Crippen LogP contribution in [0.25, 0.3) is 0 Å². The fraction of sp³-hybridized carbons (Fsp3) is 0.342. The van der Waals surface area contributed by atoms with Gasteiger partial charge in [-0.1, -0.05) is 103 Å². The number of hydrogen-bond donors (Lipinski definition) is 3. The number of carbonyl (C=O) groups is 3. The number of rotatable bonds is 21. The molecule has 0 spiro atoms. The zero-order chi connectivity index (χ0) is 33.0. The summed E-state index contributed by atoms with van der Waals surface area (Å²) in [5.41, 5.74) is 3.18. The van der Waals surface area contributed by atoms with Crippen molar-refractivity contribution >= 4 is 29.5 Å². The predicted octanol–water partition coefficient (Wildman–Crippen LogP) is 5.69. The Morgan fingerprint density at radius 3 is 1.85 bits per heavy atom. The number of allylic oxidation sites excluding steroid dienone is 2. The highest BCUT2D eigenvalue weighted by Gasteiger charge is 2.26. The van der Waals surface area contributed by atoms with Gasteiger partial charge in [-0.05, 0) is 42.4 Å². The van der Waals surface area contributed by atoms with E-state index in [0.717, 1.165) is 22.4 Å². The zero-order valence-corrected chi connectivity index (χ0v) is 27.2. The highest BCUT2D eigenvalue weighted by Crippen LogP contribution is 2.18. The zero-order valence-electron chi connectivity index (χ0n) is 26.4. The summed E-state index contributed by atoms with van der Waals surface area (Å²) in [5.74, 6) is -0.796. The Morgan fingerprint density at radius 1 is 0.739 bits per heavy atom. The number of nitrogens with one attached hydrogen (secondary N) is 2. The Balaban J connectivity index is 1.63. The van der Waals surface area contributed by atoms with Crippen LogP contribution in [0.15, 0.2) is 116 Å². The van der Waals surface area contributed by atoms with Crippen LogP contribution < -0.4 is 10.6 Å². The lowest BCUT2D eigenvalue weighted by molar-refractivity contribution is -0.149. The van der Waals surface area contributed by atoms with Gasteiger partial charge in [-0.3, -0.25) is 14.4 Å². The van der Waals surface area contributed by atoms with Crippen LogP contribution in [0, 0.1) is 11.8 Å². The molecule has 7 nitrogen and oxygen atoms in total. The minimum atomic E-state index is -0.669. The van der Waals surface area contributed by atoms with Crippen LogP contribution in [0.3, 0.4) is 0 Å². The summed E-state index contributed by atoms with van der Waals surface area (Å²) >= 11 is 1.63. The van der Waals surface area contributed by atoms with Crippen molar-refractivity contribution in [2.75, 3.05) is 19.0 Å². The van der Waals surface area contributed by atoms with Gasteiger partial charge in [-0.25, -0.2) is 0 Å². The van der Waals surface area contributed by atoms with Gasteiger partial charge in [0.05, 0.1) is 30.5 Å². The van der Waals surface area contributed by atoms with Crippen molar-refractivity contribution in [3.05, 3.63) is 133 Å². The molecule has 3 aromatic rings. The van der Waals surface area contributed by atoms with Crippen molar-refractivity contribution in [1.82, 2.24) is 10.6 Å². The van der Waals surface area contributed by atoms with E-state index in [0.29, 0.717) is 31.4 Å². The first-order valence-corrected chi connectivity index (χ1v) is 16.9. The number of hydrogen-bond acceptors (Lipinski definition) is 6. The molecule has 0 heterocycles. The number of aliphatic hydroxyl groups excluding tert-OH is 1. The molecule has 0 aliphatic heterocycles. The predicted molar refractivity (Wildman–Crippen MR) is 186 cm³/mol. The monoisotopic (exact) mass is 642 g/mol. The van der Waals surface area contributed by atoms with Crippen molar-refractivity contribution in [3.63, 3.8) is 0 Å². The van der Waals surface area contributed by atoms with Gasteiger partial charge in [-0.15, -0.1) is 13.2 Å². The van der Waals surface area contributed by atoms with E-state index in [9.17, 15) is 19.5 Å². The molecule has 0 saturated carbocycles. The van der Waals surface area contributed by atoms with Gasteiger partial charge in [0.15, 0.2) is 0 Å². The molecule has 244 valence electrons. The lowest BCUT2D eigenvalue weighted by Gasteiger charge is -2.24. The highest BCUT2D eigenvalue weighted by atomic mass is 32.2. The third kappa shape index (κ3) is 13.5. The van der Waals surface area contributed by atoms with Gasteiger partial charge in [0.25, 0.3) is 0 Å².